The zero-order valence-corrected chi connectivity index (χ0v) is 13.1. The van der Waals surface area contributed by atoms with Gasteiger partial charge in [0.2, 0.25) is 0 Å². The summed E-state index contributed by atoms with van der Waals surface area (Å²) in [5.41, 5.74) is 2.59. The molecule has 2 heterocycles. The molecule has 21 heavy (non-hydrogen) atoms. The van der Waals surface area contributed by atoms with Gasteiger partial charge in [-0.3, -0.25) is 4.90 Å². The Kier molecular flexibility index (Phi) is 4.36. The van der Waals surface area contributed by atoms with Crippen molar-refractivity contribution < 1.29 is 9.84 Å². The summed E-state index contributed by atoms with van der Waals surface area (Å²) in [5, 5.41) is 10.1. The van der Waals surface area contributed by atoms with Crippen LogP contribution in [0.1, 0.15) is 36.4 Å². The number of aromatic hydroxyl groups is 1. The van der Waals surface area contributed by atoms with Crippen molar-refractivity contribution in [3.8, 4) is 11.5 Å². The minimum atomic E-state index is 0.259. The molecule has 4 heteroatoms. The van der Waals surface area contributed by atoms with E-state index >= 15 is 0 Å². The second-order valence-corrected chi connectivity index (χ2v) is 6.33. The Morgan fingerprint density at radius 1 is 1.19 bits per heavy atom. The fourth-order valence-corrected chi connectivity index (χ4v) is 3.63. The molecule has 1 N–H and O–H groups in total. The minimum absolute atomic E-state index is 0.259. The average Bonchev–Trinajstić information content (AvgIpc) is 2.51. The summed E-state index contributed by atoms with van der Waals surface area (Å²) in [5.74, 6) is 0.852. The van der Waals surface area contributed by atoms with Gasteiger partial charge in [0.1, 0.15) is 0 Å². The van der Waals surface area contributed by atoms with E-state index in [2.05, 4.69) is 16.8 Å². The van der Waals surface area contributed by atoms with Crippen LogP contribution in [0.25, 0.3) is 0 Å². The van der Waals surface area contributed by atoms with Gasteiger partial charge in [-0.25, -0.2) is 0 Å². The van der Waals surface area contributed by atoms with E-state index in [1.807, 2.05) is 12.1 Å². The lowest BCUT2D eigenvalue weighted by atomic mass is 9.91. The SMILES string of the molecule is COc1cc2c(cc1O)C(CN1CCCCC1)N(C)CC2. The number of fused-ring (bicyclic) bond motifs is 1. The summed E-state index contributed by atoms with van der Waals surface area (Å²) >= 11 is 0. The number of likely N-dealkylation sites (tertiary alicyclic amines) is 1. The van der Waals surface area contributed by atoms with Crippen molar-refractivity contribution in [3.05, 3.63) is 23.3 Å². The van der Waals surface area contributed by atoms with Crippen LogP contribution in [0.3, 0.4) is 0 Å². The van der Waals surface area contributed by atoms with Crippen molar-refractivity contribution in [1.82, 2.24) is 9.80 Å². The van der Waals surface area contributed by atoms with Gasteiger partial charge in [0, 0.05) is 19.1 Å². The van der Waals surface area contributed by atoms with Crippen LogP contribution in [0.2, 0.25) is 0 Å². The van der Waals surface area contributed by atoms with Gasteiger partial charge in [0.05, 0.1) is 7.11 Å². The highest BCUT2D eigenvalue weighted by Crippen LogP contribution is 2.37. The molecule has 3 rings (SSSR count). The first-order chi connectivity index (χ1) is 10.2. The molecule has 1 unspecified atom stereocenters. The van der Waals surface area contributed by atoms with Crippen molar-refractivity contribution >= 4 is 0 Å². The predicted octanol–water partition coefficient (Wildman–Crippen LogP) is 2.42. The fourth-order valence-electron chi connectivity index (χ4n) is 3.63. The smallest absolute Gasteiger partial charge is 0.160 e. The largest absolute Gasteiger partial charge is 0.504 e. The molecule has 0 aliphatic carbocycles. The van der Waals surface area contributed by atoms with Crippen molar-refractivity contribution in [3.63, 3.8) is 0 Å². The molecule has 0 saturated carbocycles. The molecular weight excluding hydrogens is 264 g/mol. The third-order valence-electron chi connectivity index (χ3n) is 4.95. The molecule has 1 saturated heterocycles. The first kappa shape index (κ1) is 14.7. The number of methoxy groups -OCH3 is 1. The molecule has 0 aromatic heterocycles. The lowest BCUT2D eigenvalue weighted by Gasteiger charge is -2.39. The van der Waals surface area contributed by atoms with E-state index in [0.29, 0.717) is 11.8 Å². The maximum Gasteiger partial charge on any atom is 0.160 e. The lowest BCUT2D eigenvalue weighted by Crippen LogP contribution is -2.41. The molecule has 2 aliphatic heterocycles. The molecule has 1 aromatic rings. The molecule has 1 atom stereocenters. The molecule has 2 aliphatic rings. The Morgan fingerprint density at radius 2 is 1.95 bits per heavy atom. The highest BCUT2D eigenvalue weighted by Gasteiger charge is 2.28. The second-order valence-electron chi connectivity index (χ2n) is 6.33. The standard InChI is InChI=1S/C17H26N2O2/c1-18-9-6-13-10-17(21-2)16(20)11-14(13)15(18)12-19-7-4-3-5-8-19/h10-11,15,20H,3-9,12H2,1-2H3. The number of piperidine rings is 1. The van der Waals surface area contributed by atoms with E-state index in [1.165, 1.54) is 43.5 Å². The summed E-state index contributed by atoms with van der Waals surface area (Å²) in [6.07, 6.45) is 5.03. The summed E-state index contributed by atoms with van der Waals surface area (Å²) in [7, 11) is 3.81. The van der Waals surface area contributed by atoms with Gasteiger partial charge in [-0.1, -0.05) is 6.42 Å². The molecule has 0 bridgehead atoms. The van der Waals surface area contributed by atoms with Crippen LogP contribution >= 0.6 is 0 Å². The predicted molar refractivity (Wildman–Crippen MR) is 84.0 cm³/mol. The molecule has 0 radical (unpaired) electrons. The Bertz CT molecular complexity index is 498. The third kappa shape index (κ3) is 3.01. The number of hydrogen-bond donors (Lipinski definition) is 1. The van der Waals surface area contributed by atoms with Crippen LogP contribution in [-0.4, -0.2) is 55.2 Å². The van der Waals surface area contributed by atoms with Crippen LogP contribution in [0.5, 0.6) is 11.5 Å². The topological polar surface area (TPSA) is 35.9 Å². The molecule has 4 nitrogen and oxygen atoms in total. The third-order valence-corrected chi connectivity index (χ3v) is 4.95. The Balaban J connectivity index is 1.85. The molecule has 1 aromatic carbocycles. The number of hydrogen-bond acceptors (Lipinski definition) is 4. The Morgan fingerprint density at radius 3 is 2.67 bits per heavy atom. The maximum absolute atomic E-state index is 10.1. The second kappa shape index (κ2) is 6.24. The van der Waals surface area contributed by atoms with E-state index in [1.54, 1.807) is 7.11 Å². The van der Waals surface area contributed by atoms with Crippen molar-refractivity contribution in [2.24, 2.45) is 0 Å². The zero-order chi connectivity index (χ0) is 14.8. The van der Waals surface area contributed by atoms with Gasteiger partial charge in [-0.2, -0.15) is 0 Å². The van der Waals surface area contributed by atoms with Gasteiger partial charge in [-0.05, 0) is 62.7 Å². The maximum atomic E-state index is 10.1. The van der Waals surface area contributed by atoms with Crippen LogP contribution < -0.4 is 4.74 Å². The quantitative estimate of drug-likeness (QED) is 0.927. The van der Waals surface area contributed by atoms with Crippen LogP contribution in [0.4, 0.5) is 0 Å². The zero-order valence-electron chi connectivity index (χ0n) is 13.1. The van der Waals surface area contributed by atoms with Gasteiger partial charge in [0.25, 0.3) is 0 Å². The average molecular weight is 290 g/mol. The van der Waals surface area contributed by atoms with E-state index in [0.717, 1.165) is 19.5 Å². The first-order valence-electron chi connectivity index (χ1n) is 8.01. The fraction of sp³-hybridized carbons (Fsp3) is 0.647. The monoisotopic (exact) mass is 290 g/mol. The number of rotatable bonds is 3. The van der Waals surface area contributed by atoms with Crippen LogP contribution in [0.15, 0.2) is 12.1 Å². The van der Waals surface area contributed by atoms with E-state index in [-0.39, 0.29) is 5.75 Å². The van der Waals surface area contributed by atoms with Gasteiger partial charge >= 0.3 is 0 Å². The highest BCUT2D eigenvalue weighted by molar-refractivity contribution is 5.48. The first-order valence-corrected chi connectivity index (χ1v) is 8.01. The molecule has 0 amide bonds. The number of phenolic OH excluding ortho intramolecular Hbond substituents is 1. The molecule has 116 valence electrons. The number of phenols is 1. The Labute approximate surface area is 127 Å². The van der Waals surface area contributed by atoms with Gasteiger partial charge in [0.15, 0.2) is 11.5 Å². The van der Waals surface area contributed by atoms with Crippen molar-refractivity contribution in [1.29, 1.82) is 0 Å². The summed E-state index contributed by atoms with van der Waals surface area (Å²) in [6, 6.07) is 4.31. The number of likely N-dealkylation sites (N-methyl/N-ethyl adjacent to an activating group) is 1. The summed E-state index contributed by atoms with van der Waals surface area (Å²) in [6.45, 7) is 4.55. The van der Waals surface area contributed by atoms with Crippen molar-refractivity contribution in [2.75, 3.05) is 40.3 Å². The highest BCUT2D eigenvalue weighted by atomic mass is 16.5. The summed E-state index contributed by atoms with van der Waals surface area (Å²) < 4.78 is 5.25. The van der Waals surface area contributed by atoms with Gasteiger partial charge in [-0.15, -0.1) is 0 Å². The number of ether oxygens (including phenoxy) is 1. The molecule has 0 spiro atoms. The van der Waals surface area contributed by atoms with E-state index in [4.69, 9.17) is 4.74 Å². The molecular formula is C17H26N2O2. The van der Waals surface area contributed by atoms with Crippen molar-refractivity contribution in [2.45, 2.75) is 31.7 Å². The molecule has 1 fully saturated rings. The van der Waals surface area contributed by atoms with Crippen LogP contribution in [-0.2, 0) is 6.42 Å². The lowest BCUT2D eigenvalue weighted by molar-refractivity contribution is 0.138. The number of benzene rings is 1. The van der Waals surface area contributed by atoms with E-state index < -0.39 is 0 Å². The summed E-state index contributed by atoms with van der Waals surface area (Å²) in [4.78, 5) is 4.99. The number of nitrogens with zero attached hydrogens (tertiary/aromatic N) is 2. The normalized spacial score (nSPS) is 23.8. The van der Waals surface area contributed by atoms with Crippen LogP contribution in [0, 0.1) is 0 Å². The van der Waals surface area contributed by atoms with E-state index in [9.17, 15) is 5.11 Å². The Hall–Kier alpha value is -1.26. The van der Waals surface area contributed by atoms with Gasteiger partial charge < -0.3 is 14.7 Å². The minimum Gasteiger partial charge on any atom is -0.504 e.